The highest BCUT2D eigenvalue weighted by Crippen LogP contribution is 2.27. The highest BCUT2D eigenvalue weighted by Gasteiger charge is 2.17. The maximum Gasteiger partial charge on any atom is 0.394 e. The van der Waals surface area contributed by atoms with Gasteiger partial charge in [-0.2, -0.15) is 4.98 Å². The van der Waals surface area contributed by atoms with Gasteiger partial charge in [0.25, 0.3) is 0 Å². The summed E-state index contributed by atoms with van der Waals surface area (Å²) in [6, 6.07) is 1.76. The van der Waals surface area contributed by atoms with E-state index in [1.54, 1.807) is 13.0 Å². The van der Waals surface area contributed by atoms with Crippen molar-refractivity contribution in [1.29, 1.82) is 0 Å². The molecule has 0 amide bonds. The number of carbonyl (C=O) groups is 1. The zero-order valence-corrected chi connectivity index (χ0v) is 11.2. The fraction of sp³-hybridized carbons (Fsp3) is 0.417. The minimum absolute atomic E-state index is 0.212. The zero-order valence-electron chi connectivity index (χ0n) is 10.4. The van der Waals surface area contributed by atoms with Crippen LogP contribution < -0.4 is 5.63 Å². The number of esters is 1. The molecule has 0 aliphatic rings. The van der Waals surface area contributed by atoms with E-state index in [-0.39, 0.29) is 12.5 Å². The molecule has 5 nitrogen and oxygen atoms in total. The van der Waals surface area contributed by atoms with Crippen molar-refractivity contribution < 1.29 is 13.9 Å². The number of hydrogen-bond acceptors (Lipinski definition) is 6. The average molecular weight is 267 g/mol. The van der Waals surface area contributed by atoms with E-state index in [4.69, 9.17) is 9.15 Å². The quantitative estimate of drug-likeness (QED) is 0.799. The number of rotatable bonds is 3. The molecule has 0 N–H and O–H groups in total. The molecule has 0 unspecified atom stereocenters. The molecule has 2 rings (SSSR count). The summed E-state index contributed by atoms with van der Waals surface area (Å²) in [6.07, 6.45) is 0. The van der Waals surface area contributed by atoms with Crippen molar-refractivity contribution in [3.63, 3.8) is 0 Å². The Balaban J connectivity index is 2.55. The zero-order chi connectivity index (χ0) is 13.3. The van der Waals surface area contributed by atoms with Gasteiger partial charge in [-0.05, 0) is 18.9 Å². The molecule has 6 heteroatoms. The predicted octanol–water partition coefficient (Wildman–Crippen LogP) is 2.55. The van der Waals surface area contributed by atoms with E-state index in [1.807, 2.05) is 13.8 Å². The molecule has 96 valence electrons. The van der Waals surface area contributed by atoms with Crippen LogP contribution in [0.2, 0.25) is 0 Å². The highest BCUT2D eigenvalue weighted by molar-refractivity contribution is 7.18. The number of fused-ring (bicyclic) bond motifs is 1. The minimum atomic E-state index is -0.712. The van der Waals surface area contributed by atoms with E-state index in [0.29, 0.717) is 16.1 Å². The van der Waals surface area contributed by atoms with Crippen molar-refractivity contribution in [1.82, 2.24) is 4.98 Å². The monoisotopic (exact) mass is 267 g/mol. The van der Waals surface area contributed by atoms with E-state index in [0.717, 1.165) is 4.88 Å². The Labute approximate surface area is 107 Å². The summed E-state index contributed by atoms with van der Waals surface area (Å²) in [7, 11) is 0. The van der Waals surface area contributed by atoms with Crippen molar-refractivity contribution in [2.24, 2.45) is 0 Å². The van der Waals surface area contributed by atoms with E-state index in [9.17, 15) is 9.59 Å². The van der Waals surface area contributed by atoms with Gasteiger partial charge in [0.1, 0.15) is 4.83 Å². The van der Waals surface area contributed by atoms with Crippen molar-refractivity contribution in [3.8, 4) is 0 Å². The molecule has 0 saturated carbocycles. The van der Waals surface area contributed by atoms with E-state index >= 15 is 0 Å². The van der Waals surface area contributed by atoms with Gasteiger partial charge in [-0.15, -0.1) is 11.3 Å². The Morgan fingerprint density at radius 1 is 1.56 bits per heavy atom. The van der Waals surface area contributed by atoms with Crippen LogP contribution in [0.4, 0.5) is 0 Å². The molecule has 2 heterocycles. The van der Waals surface area contributed by atoms with E-state index in [1.165, 1.54) is 11.3 Å². The lowest BCUT2D eigenvalue weighted by Gasteiger charge is -1.98. The van der Waals surface area contributed by atoms with Gasteiger partial charge >= 0.3 is 17.5 Å². The SMILES string of the molecule is CCOC(=O)c1nc2sc(C(C)C)cc2c(=O)o1. The van der Waals surface area contributed by atoms with Gasteiger partial charge in [0, 0.05) is 4.88 Å². The van der Waals surface area contributed by atoms with Gasteiger partial charge in [0.2, 0.25) is 0 Å². The third-order valence-corrected chi connectivity index (χ3v) is 3.69. The summed E-state index contributed by atoms with van der Waals surface area (Å²) in [5, 5.41) is 0.414. The lowest BCUT2D eigenvalue weighted by Crippen LogP contribution is -2.11. The Hall–Kier alpha value is -1.69. The van der Waals surface area contributed by atoms with Crippen LogP contribution in [0.1, 0.15) is 42.3 Å². The Kier molecular flexibility index (Phi) is 3.47. The topological polar surface area (TPSA) is 69.4 Å². The maximum absolute atomic E-state index is 11.7. The fourth-order valence-corrected chi connectivity index (χ4v) is 2.47. The molecule has 0 aliphatic carbocycles. The van der Waals surface area contributed by atoms with Crippen molar-refractivity contribution in [3.05, 3.63) is 27.3 Å². The number of ether oxygens (including phenoxy) is 1. The average Bonchev–Trinajstić information content (AvgIpc) is 2.73. The minimum Gasteiger partial charge on any atom is -0.459 e. The van der Waals surface area contributed by atoms with E-state index in [2.05, 4.69) is 4.98 Å². The van der Waals surface area contributed by atoms with Crippen LogP contribution in [0.3, 0.4) is 0 Å². The molecular formula is C12H13NO4S. The standard InChI is InChI=1S/C12H13NO4S/c1-4-16-12(15)9-13-10-7(11(14)17-9)5-8(18-10)6(2)3/h5-6H,4H2,1-3H3. The normalized spacial score (nSPS) is 11.1. The second-order valence-electron chi connectivity index (χ2n) is 4.05. The first-order chi connectivity index (χ1) is 8.52. The number of carbonyl (C=O) groups excluding carboxylic acids is 1. The van der Waals surface area contributed by atoms with Crippen molar-refractivity contribution in [2.75, 3.05) is 6.61 Å². The molecular weight excluding hydrogens is 254 g/mol. The van der Waals surface area contributed by atoms with Crippen LogP contribution in [-0.4, -0.2) is 17.6 Å². The first-order valence-corrected chi connectivity index (χ1v) is 6.46. The van der Waals surface area contributed by atoms with Crippen LogP contribution >= 0.6 is 11.3 Å². The van der Waals surface area contributed by atoms with E-state index < -0.39 is 11.6 Å². The Morgan fingerprint density at radius 2 is 2.28 bits per heavy atom. The summed E-state index contributed by atoms with van der Waals surface area (Å²) >= 11 is 1.39. The lowest BCUT2D eigenvalue weighted by atomic mass is 10.2. The first-order valence-electron chi connectivity index (χ1n) is 5.64. The molecule has 0 saturated heterocycles. The predicted molar refractivity (Wildman–Crippen MR) is 68.2 cm³/mol. The molecule has 2 aromatic rings. The van der Waals surface area contributed by atoms with Gasteiger partial charge in [0.05, 0.1) is 12.0 Å². The molecule has 0 aromatic carbocycles. The summed E-state index contributed by atoms with van der Waals surface area (Å²) in [5.41, 5.74) is -0.550. The highest BCUT2D eigenvalue weighted by atomic mass is 32.1. The third-order valence-electron chi connectivity index (χ3n) is 2.36. The number of nitrogens with zero attached hydrogens (tertiary/aromatic N) is 1. The van der Waals surface area contributed by atoms with Crippen LogP contribution in [0.15, 0.2) is 15.3 Å². The van der Waals surface area contributed by atoms with Crippen molar-refractivity contribution >= 4 is 27.5 Å². The third kappa shape index (κ3) is 2.28. The summed E-state index contributed by atoms with van der Waals surface area (Å²) in [4.78, 5) is 28.8. The molecule has 0 radical (unpaired) electrons. The summed E-state index contributed by atoms with van der Waals surface area (Å²) in [5.74, 6) is -0.697. The van der Waals surface area contributed by atoms with Crippen molar-refractivity contribution in [2.45, 2.75) is 26.7 Å². The number of hydrogen-bond donors (Lipinski definition) is 0. The van der Waals surface area contributed by atoms with Gasteiger partial charge in [-0.25, -0.2) is 9.59 Å². The van der Waals surface area contributed by atoms with Gasteiger partial charge in [-0.3, -0.25) is 0 Å². The molecule has 0 atom stereocenters. The van der Waals surface area contributed by atoms with Gasteiger partial charge in [0.15, 0.2) is 0 Å². The molecule has 0 bridgehead atoms. The van der Waals surface area contributed by atoms with Crippen LogP contribution in [0.5, 0.6) is 0 Å². The molecule has 18 heavy (non-hydrogen) atoms. The van der Waals surface area contributed by atoms with Crippen LogP contribution in [-0.2, 0) is 4.74 Å². The molecule has 2 aromatic heterocycles. The van der Waals surface area contributed by atoms with Crippen LogP contribution in [0, 0.1) is 0 Å². The Morgan fingerprint density at radius 3 is 2.89 bits per heavy atom. The molecule has 0 aliphatic heterocycles. The molecule has 0 spiro atoms. The second kappa shape index (κ2) is 4.89. The lowest BCUT2D eigenvalue weighted by molar-refractivity contribution is 0.0474. The molecule has 0 fully saturated rings. The first kappa shape index (κ1) is 12.8. The summed E-state index contributed by atoms with van der Waals surface area (Å²) < 4.78 is 9.62. The second-order valence-corrected chi connectivity index (χ2v) is 5.11. The van der Waals surface area contributed by atoms with Gasteiger partial charge in [-0.1, -0.05) is 13.8 Å². The number of aromatic nitrogens is 1. The Bertz CT molecular complexity index is 641. The maximum atomic E-state index is 11.7. The van der Waals surface area contributed by atoms with Crippen LogP contribution in [0.25, 0.3) is 10.2 Å². The number of thiophene rings is 1. The smallest absolute Gasteiger partial charge is 0.394 e. The fourth-order valence-electron chi connectivity index (χ4n) is 1.45. The largest absolute Gasteiger partial charge is 0.459 e. The summed E-state index contributed by atoms with van der Waals surface area (Å²) in [6.45, 7) is 5.94. The van der Waals surface area contributed by atoms with Gasteiger partial charge < -0.3 is 9.15 Å².